The molecule has 0 N–H and O–H groups in total. The Morgan fingerprint density at radius 2 is 1.89 bits per heavy atom. The Kier molecular flexibility index (Phi) is 5.33. The van der Waals surface area contributed by atoms with Gasteiger partial charge in [0.2, 0.25) is 0 Å². The number of para-hydroxylation sites is 1. The van der Waals surface area contributed by atoms with Crippen molar-refractivity contribution in [3.63, 3.8) is 0 Å². The molecule has 1 aromatic heterocycles. The first kappa shape index (κ1) is 18.6. The first-order valence-corrected chi connectivity index (χ1v) is 8.07. The number of ether oxygens (including phenoxy) is 2. The fraction of sp³-hybridized carbons (Fsp3) is 0.0476. The number of methoxy groups -OCH3 is 1. The van der Waals surface area contributed by atoms with Crippen molar-refractivity contribution in [1.82, 2.24) is 0 Å². The van der Waals surface area contributed by atoms with Crippen LogP contribution in [0.3, 0.4) is 0 Å². The van der Waals surface area contributed by atoms with Crippen molar-refractivity contribution in [1.29, 1.82) is 5.26 Å². The SMILES string of the molecule is COC(=O)/C(C#N)=C/c1cccc(OC(=O)c2cc3ccccc3oc2=O)c1. The number of carbonyl (C=O) groups is 2. The molecular formula is C21H13NO6. The molecule has 0 aliphatic carbocycles. The summed E-state index contributed by atoms with van der Waals surface area (Å²) >= 11 is 0. The first-order valence-electron chi connectivity index (χ1n) is 8.07. The van der Waals surface area contributed by atoms with E-state index in [2.05, 4.69) is 4.74 Å². The highest BCUT2D eigenvalue weighted by atomic mass is 16.5. The quantitative estimate of drug-likeness (QED) is 0.227. The van der Waals surface area contributed by atoms with Crippen LogP contribution in [0.2, 0.25) is 0 Å². The molecule has 28 heavy (non-hydrogen) atoms. The summed E-state index contributed by atoms with van der Waals surface area (Å²) < 4.78 is 14.9. The number of nitriles is 1. The lowest BCUT2D eigenvalue weighted by Gasteiger charge is -2.05. The average molecular weight is 375 g/mol. The fourth-order valence-electron chi connectivity index (χ4n) is 2.45. The number of nitrogens with zero attached hydrogens (tertiary/aromatic N) is 1. The molecule has 0 atom stereocenters. The van der Waals surface area contributed by atoms with Gasteiger partial charge in [-0.25, -0.2) is 14.4 Å². The highest BCUT2D eigenvalue weighted by Crippen LogP contribution is 2.18. The molecule has 0 spiro atoms. The van der Waals surface area contributed by atoms with Gasteiger partial charge >= 0.3 is 17.6 Å². The van der Waals surface area contributed by atoms with Crippen LogP contribution >= 0.6 is 0 Å². The van der Waals surface area contributed by atoms with Gasteiger partial charge in [-0.3, -0.25) is 0 Å². The number of esters is 2. The summed E-state index contributed by atoms with van der Waals surface area (Å²) in [5, 5.41) is 9.61. The third-order valence-electron chi connectivity index (χ3n) is 3.77. The van der Waals surface area contributed by atoms with Crippen molar-refractivity contribution in [2.24, 2.45) is 0 Å². The maximum absolute atomic E-state index is 12.4. The lowest BCUT2D eigenvalue weighted by atomic mass is 10.1. The number of benzene rings is 2. The van der Waals surface area contributed by atoms with Crippen molar-refractivity contribution in [2.45, 2.75) is 0 Å². The second-order valence-electron chi connectivity index (χ2n) is 5.61. The topological polar surface area (TPSA) is 107 Å². The molecule has 0 aliphatic rings. The molecule has 0 fully saturated rings. The molecule has 7 nitrogen and oxygen atoms in total. The van der Waals surface area contributed by atoms with E-state index in [-0.39, 0.29) is 16.9 Å². The van der Waals surface area contributed by atoms with Crippen molar-refractivity contribution in [2.75, 3.05) is 7.11 Å². The molecule has 0 unspecified atom stereocenters. The maximum Gasteiger partial charge on any atom is 0.351 e. The molecule has 0 aliphatic heterocycles. The molecule has 7 heteroatoms. The summed E-state index contributed by atoms with van der Waals surface area (Å²) in [6.07, 6.45) is 1.30. The van der Waals surface area contributed by atoms with Crippen molar-refractivity contribution in [3.05, 3.63) is 81.7 Å². The summed E-state index contributed by atoms with van der Waals surface area (Å²) in [6.45, 7) is 0. The van der Waals surface area contributed by atoms with E-state index >= 15 is 0 Å². The molecule has 0 saturated heterocycles. The fourth-order valence-corrected chi connectivity index (χ4v) is 2.45. The number of hydrogen-bond donors (Lipinski definition) is 0. The van der Waals surface area contributed by atoms with E-state index in [0.29, 0.717) is 16.5 Å². The van der Waals surface area contributed by atoms with Gasteiger partial charge in [0.25, 0.3) is 0 Å². The number of carbonyl (C=O) groups excluding carboxylic acids is 2. The zero-order valence-electron chi connectivity index (χ0n) is 14.7. The Labute approximate surface area is 159 Å². The van der Waals surface area contributed by atoms with Gasteiger partial charge in [0.05, 0.1) is 7.11 Å². The molecule has 0 saturated carbocycles. The van der Waals surface area contributed by atoms with Crippen LogP contribution in [-0.2, 0) is 9.53 Å². The lowest BCUT2D eigenvalue weighted by molar-refractivity contribution is -0.135. The zero-order valence-corrected chi connectivity index (χ0v) is 14.7. The van der Waals surface area contributed by atoms with Crippen LogP contribution < -0.4 is 10.4 Å². The van der Waals surface area contributed by atoms with E-state index in [9.17, 15) is 14.4 Å². The van der Waals surface area contributed by atoms with Gasteiger partial charge < -0.3 is 13.9 Å². The lowest BCUT2D eigenvalue weighted by Crippen LogP contribution is -2.18. The average Bonchev–Trinajstić information content (AvgIpc) is 2.71. The molecule has 3 rings (SSSR count). The number of fused-ring (bicyclic) bond motifs is 1. The van der Waals surface area contributed by atoms with Crippen LogP contribution in [0.15, 0.2) is 69.4 Å². The number of hydrogen-bond acceptors (Lipinski definition) is 7. The van der Waals surface area contributed by atoms with Gasteiger partial charge in [0, 0.05) is 5.39 Å². The third-order valence-corrected chi connectivity index (χ3v) is 3.77. The van der Waals surface area contributed by atoms with Gasteiger partial charge in [-0.2, -0.15) is 5.26 Å². The van der Waals surface area contributed by atoms with E-state index in [0.717, 1.165) is 0 Å². The van der Waals surface area contributed by atoms with Gasteiger partial charge in [-0.05, 0) is 35.9 Å². The largest absolute Gasteiger partial charge is 0.465 e. The van der Waals surface area contributed by atoms with Crippen LogP contribution in [0.4, 0.5) is 0 Å². The Morgan fingerprint density at radius 3 is 2.64 bits per heavy atom. The second-order valence-corrected chi connectivity index (χ2v) is 5.61. The molecule has 1 heterocycles. The monoisotopic (exact) mass is 375 g/mol. The van der Waals surface area contributed by atoms with Crippen LogP contribution in [0.25, 0.3) is 17.0 Å². The molecular weight excluding hydrogens is 362 g/mol. The molecule has 3 aromatic rings. The smallest absolute Gasteiger partial charge is 0.351 e. The summed E-state index contributed by atoms with van der Waals surface area (Å²) in [5.74, 6) is -1.53. The molecule has 0 radical (unpaired) electrons. The Bertz CT molecular complexity index is 1200. The standard InChI is InChI=1S/C21H13NO6/c1-26-19(23)15(12-22)9-13-5-4-7-16(10-13)27-20(24)17-11-14-6-2-3-8-18(14)28-21(17)25/h2-11H,1H3/b15-9+. The van der Waals surface area contributed by atoms with E-state index in [1.54, 1.807) is 42.5 Å². The van der Waals surface area contributed by atoms with Crippen molar-refractivity contribution in [3.8, 4) is 11.8 Å². The van der Waals surface area contributed by atoms with E-state index in [4.69, 9.17) is 14.4 Å². The summed E-state index contributed by atoms with van der Waals surface area (Å²) in [6, 6.07) is 16.1. The van der Waals surface area contributed by atoms with Crippen LogP contribution in [0.5, 0.6) is 5.75 Å². The van der Waals surface area contributed by atoms with Crippen LogP contribution in [-0.4, -0.2) is 19.0 Å². The van der Waals surface area contributed by atoms with Gasteiger partial charge in [0.15, 0.2) is 0 Å². The van der Waals surface area contributed by atoms with Crippen LogP contribution in [0.1, 0.15) is 15.9 Å². The Morgan fingerprint density at radius 1 is 1.11 bits per heavy atom. The summed E-state index contributed by atoms with van der Waals surface area (Å²) in [5.41, 5.74) is -0.453. The van der Waals surface area contributed by atoms with Crippen molar-refractivity contribution >= 4 is 29.0 Å². The van der Waals surface area contributed by atoms with E-state index < -0.39 is 17.6 Å². The highest BCUT2D eigenvalue weighted by molar-refractivity contribution is 5.98. The molecule has 138 valence electrons. The van der Waals surface area contributed by atoms with Gasteiger partial charge in [0.1, 0.15) is 28.5 Å². The third kappa shape index (κ3) is 3.97. The van der Waals surface area contributed by atoms with Gasteiger partial charge in [-0.1, -0.05) is 30.3 Å². The molecule has 0 bridgehead atoms. The Balaban J connectivity index is 1.89. The normalized spacial score (nSPS) is 10.9. The molecule has 2 aromatic carbocycles. The minimum Gasteiger partial charge on any atom is -0.465 e. The summed E-state index contributed by atoms with van der Waals surface area (Å²) in [7, 11) is 1.17. The van der Waals surface area contributed by atoms with E-state index in [1.807, 2.05) is 0 Å². The predicted molar refractivity (Wildman–Crippen MR) is 99.5 cm³/mol. The minimum atomic E-state index is -0.880. The second kappa shape index (κ2) is 8.01. The van der Waals surface area contributed by atoms with Crippen LogP contribution in [0, 0.1) is 11.3 Å². The summed E-state index contributed by atoms with van der Waals surface area (Å²) in [4.78, 5) is 36.0. The zero-order chi connectivity index (χ0) is 20.1. The van der Waals surface area contributed by atoms with Crippen molar-refractivity contribution < 1.29 is 23.5 Å². The van der Waals surface area contributed by atoms with E-state index in [1.165, 1.54) is 31.4 Å². The maximum atomic E-state index is 12.4. The minimum absolute atomic E-state index is 0.133. The molecule has 0 amide bonds. The Hall–Kier alpha value is -4.18. The predicted octanol–water partition coefficient (Wildman–Crippen LogP) is 3.09. The van der Waals surface area contributed by atoms with Gasteiger partial charge in [-0.15, -0.1) is 0 Å². The first-order chi connectivity index (χ1) is 13.5. The number of rotatable bonds is 4. The highest BCUT2D eigenvalue weighted by Gasteiger charge is 2.16.